The van der Waals surface area contributed by atoms with E-state index in [9.17, 15) is 48.7 Å². The van der Waals surface area contributed by atoms with Crippen molar-refractivity contribution in [1.82, 2.24) is 0 Å². The van der Waals surface area contributed by atoms with Crippen LogP contribution in [0.4, 0.5) is 43.9 Å². The van der Waals surface area contributed by atoms with Crippen LogP contribution in [0.2, 0.25) is 0 Å². The van der Waals surface area contributed by atoms with Gasteiger partial charge in [-0.2, -0.15) is 35.1 Å². The molecule has 31 heavy (non-hydrogen) atoms. The lowest BCUT2D eigenvalue weighted by molar-refractivity contribution is -0.389. The molecule has 0 aliphatic carbocycles. The maximum Gasteiger partial charge on any atom is 0.457 e. The zero-order valence-corrected chi connectivity index (χ0v) is 18.7. The van der Waals surface area contributed by atoms with Crippen LogP contribution in [0.3, 0.4) is 0 Å². The summed E-state index contributed by atoms with van der Waals surface area (Å²) in [5.74, 6) is -9.23. The lowest BCUT2D eigenvalue weighted by Gasteiger charge is -2.36. The molecule has 0 aliphatic rings. The van der Waals surface area contributed by atoms with E-state index in [0.717, 1.165) is 18.2 Å². The van der Waals surface area contributed by atoms with Crippen molar-refractivity contribution in [1.29, 1.82) is 0 Å². The van der Waals surface area contributed by atoms with Crippen LogP contribution in [0.25, 0.3) is 11.1 Å². The van der Waals surface area contributed by atoms with Gasteiger partial charge in [0, 0.05) is 23.8 Å². The molecule has 0 bridgehead atoms. The third-order valence-electron chi connectivity index (χ3n) is 4.15. The summed E-state index contributed by atoms with van der Waals surface area (Å²) in [7, 11) is 0. The van der Waals surface area contributed by atoms with Crippen molar-refractivity contribution in [3.05, 3.63) is 54.4 Å². The fraction of sp³-hybridized carbons (Fsp3) is 0.235. The van der Waals surface area contributed by atoms with Crippen LogP contribution in [0, 0.1) is 13.0 Å². The molecule has 0 aliphatic heterocycles. The van der Waals surface area contributed by atoms with Crippen LogP contribution >= 0.6 is 45.2 Å². The van der Waals surface area contributed by atoms with Gasteiger partial charge in [-0.1, -0.05) is 12.1 Å². The Morgan fingerprint density at radius 1 is 0.839 bits per heavy atom. The monoisotopic (exact) mass is 685 g/mol. The number of alkyl halides is 9. The van der Waals surface area contributed by atoms with E-state index in [1.165, 1.54) is 45.2 Å². The number of carbonyl (C=O) groups excluding carboxylic acids is 1. The fourth-order valence-electron chi connectivity index (χ4n) is 2.66. The first kappa shape index (κ1) is 25.9. The zero-order chi connectivity index (χ0) is 24.2. The van der Waals surface area contributed by atoms with Crippen LogP contribution in [0.1, 0.15) is 15.9 Å². The number of benzene rings is 2. The molecule has 0 saturated heterocycles. The summed E-state index contributed by atoms with van der Waals surface area (Å²) in [5, 5.41) is 0. The van der Waals surface area contributed by atoms with Gasteiger partial charge in [-0.15, -0.1) is 0 Å². The molecule has 0 fully saturated rings. The molecule has 2 aromatic rings. The summed E-state index contributed by atoms with van der Waals surface area (Å²) >= 11 is 2.46. The number of amides is 1. The Morgan fingerprint density at radius 2 is 1.32 bits per heavy atom. The highest BCUT2D eigenvalue weighted by Crippen LogP contribution is 2.58. The molecule has 0 saturated carbocycles. The highest BCUT2D eigenvalue weighted by atomic mass is 127. The average Bonchev–Trinajstić information content (AvgIpc) is 2.59. The highest BCUT2D eigenvalue weighted by molar-refractivity contribution is 14.1. The molecule has 1 amide bonds. The SMILES string of the molecule is NC(=O)c1cccc(-c2c(I)cc(C(F)(C(F)(F)F)C(F)(F)C(F)(F)F)cc2I)c1F. The summed E-state index contributed by atoms with van der Waals surface area (Å²) in [5.41, 5.74) is -4.40. The summed E-state index contributed by atoms with van der Waals surface area (Å²) in [6.07, 6.45) is -13.5. The maximum atomic E-state index is 14.7. The Hall–Kier alpha value is -1.33. The van der Waals surface area contributed by atoms with Gasteiger partial charge in [-0.3, -0.25) is 4.79 Å². The topological polar surface area (TPSA) is 43.1 Å². The molecule has 2 nitrogen and oxygen atoms in total. The van der Waals surface area contributed by atoms with E-state index in [-0.39, 0.29) is 17.7 Å². The smallest absolute Gasteiger partial charge is 0.366 e. The van der Waals surface area contributed by atoms with Gasteiger partial charge in [0.15, 0.2) is 0 Å². The second-order valence-corrected chi connectivity index (χ2v) is 8.40. The number of hydrogen-bond donors (Lipinski definition) is 1. The first-order valence-corrected chi connectivity index (χ1v) is 9.82. The van der Waals surface area contributed by atoms with Gasteiger partial charge >= 0.3 is 23.9 Å². The van der Waals surface area contributed by atoms with E-state index in [4.69, 9.17) is 5.73 Å². The van der Waals surface area contributed by atoms with Crippen LogP contribution < -0.4 is 5.73 Å². The first-order valence-electron chi connectivity index (χ1n) is 7.66. The van der Waals surface area contributed by atoms with Gasteiger partial charge in [-0.05, 0) is 63.4 Å². The van der Waals surface area contributed by atoms with E-state index in [1.807, 2.05) is 0 Å². The quantitative estimate of drug-likeness (QED) is 0.282. The number of nitrogens with two attached hydrogens (primary N) is 1. The number of primary amides is 1. The third-order valence-corrected chi connectivity index (χ3v) is 5.85. The van der Waals surface area contributed by atoms with Gasteiger partial charge in [0.25, 0.3) is 5.91 Å². The van der Waals surface area contributed by atoms with E-state index >= 15 is 0 Å². The average molecular weight is 685 g/mol. The van der Waals surface area contributed by atoms with E-state index in [2.05, 4.69) is 0 Å². The molecular formula is C17H7F10I2NO. The standard InChI is InChI=1S/C17H7F10I2NO/c18-12-7(2-1-3-8(12)13(30)31)11-9(28)4-6(5-10(11)29)14(19,16(22,23)24)15(20,21)17(25,26)27/h1-5H,(H2,30,31). The van der Waals surface area contributed by atoms with Crippen molar-refractivity contribution in [2.75, 3.05) is 0 Å². The lowest BCUT2D eigenvalue weighted by atomic mass is 9.86. The van der Waals surface area contributed by atoms with Gasteiger partial charge in [0.2, 0.25) is 0 Å². The minimum absolute atomic E-state index is 0.113. The van der Waals surface area contributed by atoms with Gasteiger partial charge in [0.1, 0.15) is 5.82 Å². The molecule has 0 heterocycles. The van der Waals surface area contributed by atoms with E-state index in [1.54, 1.807) is 0 Å². The summed E-state index contributed by atoms with van der Waals surface area (Å²) < 4.78 is 134. The normalized spacial score (nSPS) is 15.0. The largest absolute Gasteiger partial charge is 0.457 e. The Kier molecular flexibility index (Phi) is 6.88. The number of hydrogen-bond acceptors (Lipinski definition) is 1. The van der Waals surface area contributed by atoms with Crippen LogP contribution in [0.15, 0.2) is 30.3 Å². The second kappa shape index (κ2) is 8.22. The number of carbonyl (C=O) groups is 1. The van der Waals surface area contributed by atoms with Crippen LogP contribution in [-0.2, 0) is 5.67 Å². The molecule has 1 unspecified atom stereocenters. The van der Waals surface area contributed by atoms with Crippen molar-refractivity contribution in [2.45, 2.75) is 23.9 Å². The summed E-state index contributed by atoms with van der Waals surface area (Å²) in [6.45, 7) is 0. The van der Waals surface area contributed by atoms with Crippen LogP contribution in [-0.4, -0.2) is 24.2 Å². The highest BCUT2D eigenvalue weighted by Gasteiger charge is 2.81. The minimum atomic E-state index is -6.87. The third kappa shape index (κ3) is 4.20. The molecule has 170 valence electrons. The van der Waals surface area contributed by atoms with Crippen molar-refractivity contribution in [3.8, 4) is 11.1 Å². The van der Waals surface area contributed by atoms with Crippen LogP contribution in [0.5, 0.6) is 0 Å². The Labute approximate surface area is 194 Å². The molecule has 0 aromatic heterocycles. The Bertz CT molecular complexity index is 1010. The molecule has 14 heteroatoms. The van der Waals surface area contributed by atoms with Crippen molar-refractivity contribution < 1.29 is 48.7 Å². The summed E-state index contributed by atoms with van der Waals surface area (Å²) in [4.78, 5) is 11.3. The predicted molar refractivity (Wildman–Crippen MR) is 106 cm³/mol. The maximum absolute atomic E-state index is 14.7. The molecule has 1 atom stereocenters. The Balaban J connectivity index is 2.84. The molecule has 2 rings (SSSR count). The van der Waals surface area contributed by atoms with Gasteiger partial charge < -0.3 is 5.73 Å². The number of rotatable bonds is 4. The number of halogens is 12. The summed E-state index contributed by atoms with van der Waals surface area (Å²) in [6, 6.07) is 3.45. The second-order valence-electron chi connectivity index (χ2n) is 6.07. The first-order chi connectivity index (χ1) is 13.9. The lowest BCUT2D eigenvalue weighted by Crippen LogP contribution is -2.59. The molecule has 2 aromatic carbocycles. The van der Waals surface area contributed by atoms with Gasteiger partial charge in [0.05, 0.1) is 5.56 Å². The predicted octanol–water partition coefficient (Wildman–Crippen LogP) is 6.73. The molecule has 2 N–H and O–H groups in total. The Morgan fingerprint density at radius 3 is 1.71 bits per heavy atom. The van der Waals surface area contributed by atoms with Crippen molar-refractivity contribution >= 4 is 51.1 Å². The van der Waals surface area contributed by atoms with Gasteiger partial charge in [-0.25, -0.2) is 8.78 Å². The van der Waals surface area contributed by atoms with E-state index in [0.29, 0.717) is 0 Å². The fourth-order valence-corrected chi connectivity index (χ4v) is 5.01. The zero-order valence-electron chi connectivity index (χ0n) is 14.4. The minimum Gasteiger partial charge on any atom is -0.366 e. The van der Waals surface area contributed by atoms with Crippen molar-refractivity contribution in [3.63, 3.8) is 0 Å². The molecular weight excluding hydrogens is 678 g/mol. The van der Waals surface area contributed by atoms with E-state index < -0.39 is 59.5 Å². The molecule has 0 spiro atoms. The molecule has 0 radical (unpaired) electrons. The van der Waals surface area contributed by atoms with Crippen molar-refractivity contribution in [2.24, 2.45) is 5.73 Å².